The molecule has 9 nitrogen and oxygen atoms in total. The van der Waals surface area contributed by atoms with Crippen molar-refractivity contribution in [1.82, 2.24) is 15.0 Å². The number of hydrogen-bond acceptors (Lipinski definition) is 8. The van der Waals surface area contributed by atoms with E-state index < -0.39 is 6.73 Å². The smallest absolute Gasteiger partial charge is 0.258 e. The molecule has 0 spiro atoms. The predicted molar refractivity (Wildman–Crippen MR) is 48.8 cm³/mol. The highest BCUT2D eigenvalue weighted by Crippen LogP contribution is 2.08. The van der Waals surface area contributed by atoms with Gasteiger partial charge in [0, 0.05) is 0 Å². The Kier molecular flexibility index (Phi) is 4.49. The van der Waals surface area contributed by atoms with Crippen molar-refractivity contribution in [3.05, 3.63) is 0 Å². The molecule has 0 radical (unpaired) electrons. The third-order valence-corrected chi connectivity index (χ3v) is 1.23. The first-order valence-electron chi connectivity index (χ1n) is 3.37. The van der Waals surface area contributed by atoms with Crippen LogP contribution in [0.25, 0.3) is 0 Å². The molecule has 0 aliphatic carbocycles. The van der Waals surface area contributed by atoms with E-state index in [0.29, 0.717) is 0 Å². The third-order valence-electron chi connectivity index (χ3n) is 1.23. The van der Waals surface area contributed by atoms with Gasteiger partial charge in [-0.25, -0.2) is 0 Å². The Labute approximate surface area is 79.6 Å². The molecule has 80 valence electrons. The number of nitrogen functional groups attached to an aromatic ring is 2. The van der Waals surface area contributed by atoms with E-state index in [1.807, 2.05) is 0 Å². The molecule has 0 bridgehead atoms. The van der Waals surface area contributed by atoms with Crippen LogP contribution in [0.4, 0.5) is 17.8 Å². The summed E-state index contributed by atoms with van der Waals surface area (Å²) in [4.78, 5) is 15.7. The maximum absolute atomic E-state index is 8.78. The van der Waals surface area contributed by atoms with Gasteiger partial charge in [-0.05, 0) is 0 Å². The molecule has 0 aliphatic rings. The summed E-state index contributed by atoms with van der Waals surface area (Å²) in [6, 6.07) is 0. The largest absolute Gasteiger partial charge is 0.412 e. The predicted octanol–water partition coefficient (Wildman–Crippen LogP) is -2.47. The zero-order valence-corrected chi connectivity index (χ0v) is 7.51. The van der Waals surface area contributed by atoms with Crippen LogP contribution in [-0.4, -0.2) is 39.4 Å². The summed E-state index contributed by atoms with van der Waals surface area (Å²) in [5.74, 6) is 0.00556. The van der Waals surface area contributed by atoms with Gasteiger partial charge >= 0.3 is 0 Å². The monoisotopic (exact) mass is 204 g/mol. The Morgan fingerprint density at radius 1 is 1.29 bits per heavy atom. The van der Waals surface area contributed by atoms with E-state index in [4.69, 9.17) is 21.4 Å². The summed E-state index contributed by atoms with van der Waals surface area (Å²) >= 11 is 0. The van der Waals surface area contributed by atoms with E-state index >= 15 is 0 Å². The number of hydrogen-bond donors (Lipinski definition) is 3. The van der Waals surface area contributed by atoms with E-state index in [2.05, 4.69) is 15.0 Å². The molecule has 1 aromatic rings. The maximum atomic E-state index is 8.78. The minimum absolute atomic E-state index is 0. The first kappa shape index (κ1) is 12.3. The first-order valence-corrected chi connectivity index (χ1v) is 3.37. The van der Waals surface area contributed by atoms with Crippen LogP contribution in [0.2, 0.25) is 0 Å². The number of rotatable bonds is 3. The van der Waals surface area contributed by atoms with E-state index in [-0.39, 0.29) is 23.3 Å². The Bertz CT molecular complexity index is 271. The molecule has 0 unspecified atom stereocenters. The van der Waals surface area contributed by atoms with Crippen LogP contribution in [0.1, 0.15) is 0 Å². The Hall–Kier alpha value is -1.71. The van der Waals surface area contributed by atoms with Gasteiger partial charge in [-0.15, -0.1) is 0 Å². The standard InChI is InChI=1S/C5H10N6O2.H2O/c1-13-11(2-12)5-9-3(6)8-4(7)10-5;/h12H,2H2,1H3,(H4,6,7,8,9,10);1H2. The Morgan fingerprint density at radius 3 is 2.14 bits per heavy atom. The van der Waals surface area contributed by atoms with Gasteiger partial charge < -0.3 is 22.1 Å². The Morgan fingerprint density at radius 2 is 1.79 bits per heavy atom. The highest BCUT2D eigenvalue weighted by atomic mass is 16.7. The lowest BCUT2D eigenvalue weighted by Gasteiger charge is -2.15. The van der Waals surface area contributed by atoms with Crippen molar-refractivity contribution < 1.29 is 15.4 Å². The lowest BCUT2D eigenvalue weighted by Crippen LogP contribution is -2.25. The van der Waals surface area contributed by atoms with Gasteiger partial charge in [0.1, 0.15) is 6.73 Å². The van der Waals surface area contributed by atoms with Gasteiger partial charge in [0.25, 0.3) is 5.95 Å². The van der Waals surface area contributed by atoms with Crippen molar-refractivity contribution in [3.63, 3.8) is 0 Å². The van der Waals surface area contributed by atoms with E-state index in [1.165, 1.54) is 7.11 Å². The van der Waals surface area contributed by atoms with Gasteiger partial charge in [0.05, 0.1) is 7.11 Å². The topological polar surface area (TPSA) is 155 Å². The molecular weight excluding hydrogens is 192 g/mol. The van der Waals surface area contributed by atoms with Crippen LogP contribution in [0.15, 0.2) is 0 Å². The van der Waals surface area contributed by atoms with Crippen LogP contribution in [-0.2, 0) is 4.84 Å². The van der Waals surface area contributed by atoms with E-state index in [0.717, 1.165) is 5.06 Å². The summed E-state index contributed by atoms with van der Waals surface area (Å²) in [6.45, 7) is -0.403. The van der Waals surface area contributed by atoms with Crippen molar-refractivity contribution in [2.45, 2.75) is 0 Å². The molecule has 1 rings (SSSR count). The Balaban J connectivity index is 0.00000169. The van der Waals surface area contributed by atoms with Gasteiger partial charge in [-0.1, -0.05) is 0 Å². The number of aliphatic hydroxyl groups is 1. The van der Waals surface area contributed by atoms with Crippen molar-refractivity contribution in [2.75, 3.05) is 30.4 Å². The molecule has 0 saturated heterocycles. The second kappa shape index (κ2) is 5.11. The molecule has 14 heavy (non-hydrogen) atoms. The molecule has 0 atom stereocenters. The second-order valence-corrected chi connectivity index (χ2v) is 2.05. The van der Waals surface area contributed by atoms with Gasteiger partial charge in [0.2, 0.25) is 11.9 Å². The summed E-state index contributed by atoms with van der Waals surface area (Å²) in [5, 5.41) is 9.79. The summed E-state index contributed by atoms with van der Waals surface area (Å²) in [6.07, 6.45) is 0. The second-order valence-electron chi connectivity index (χ2n) is 2.05. The number of nitrogens with two attached hydrogens (primary N) is 2. The van der Waals surface area contributed by atoms with Crippen molar-refractivity contribution >= 4 is 17.8 Å². The zero-order valence-electron chi connectivity index (χ0n) is 7.51. The first-order chi connectivity index (χ1) is 6.17. The lowest BCUT2D eigenvalue weighted by atomic mass is 10.8. The number of aromatic nitrogens is 3. The van der Waals surface area contributed by atoms with Crippen LogP contribution in [0.3, 0.4) is 0 Å². The number of aliphatic hydroxyl groups excluding tert-OH is 1. The quantitative estimate of drug-likeness (QED) is 0.361. The minimum Gasteiger partial charge on any atom is -0.412 e. The van der Waals surface area contributed by atoms with Crippen LogP contribution in [0.5, 0.6) is 0 Å². The van der Waals surface area contributed by atoms with E-state index in [1.54, 1.807) is 0 Å². The minimum atomic E-state index is -0.403. The molecule has 9 heteroatoms. The molecule has 0 fully saturated rings. The SMILES string of the molecule is CON(CO)c1nc(N)nc(N)n1.O. The molecule has 7 N–H and O–H groups in total. The molecule has 1 heterocycles. The molecule has 0 aromatic carbocycles. The fraction of sp³-hybridized carbons (Fsp3) is 0.400. The van der Waals surface area contributed by atoms with Crippen LogP contribution >= 0.6 is 0 Å². The van der Waals surface area contributed by atoms with Gasteiger partial charge in [0.15, 0.2) is 0 Å². The number of nitrogens with zero attached hydrogens (tertiary/aromatic N) is 4. The average molecular weight is 204 g/mol. The molecule has 1 aromatic heterocycles. The number of hydroxylamine groups is 1. The lowest BCUT2D eigenvalue weighted by molar-refractivity contribution is 0.0974. The maximum Gasteiger partial charge on any atom is 0.258 e. The fourth-order valence-corrected chi connectivity index (χ4v) is 0.711. The van der Waals surface area contributed by atoms with Crippen LogP contribution in [0, 0.1) is 0 Å². The fourth-order valence-electron chi connectivity index (χ4n) is 0.711. The normalized spacial score (nSPS) is 9.29. The van der Waals surface area contributed by atoms with E-state index in [9.17, 15) is 0 Å². The molecule has 0 saturated carbocycles. The molecular formula is C5H12N6O3. The highest BCUT2D eigenvalue weighted by molar-refractivity contribution is 5.37. The number of anilines is 3. The third kappa shape index (κ3) is 2.65. The summed E-state index contributed by atoms with van der Waals surface area (Å²) in [7, 11) is 1.35. The summed E-state index contributed by atoms with van der Waals surface area (Å²) < 4.78 is 0. The molecule has 0 amide bonds. The average Bonchev–Trinajstić information content (AvgIpc) is 2.04. The van der Waals surface area contributed by atoms with Crippen molar-refractivity contribution in [1.29, 1.82) is 0 Å². The van der Waals surface area contributed by atoms with Gasteiger partial charge in [-0.3, -0.25) is 4.84 Å². The van der Waals surface area contributed by atoms with Crippen molar-refractivity contribution in [2.24, 2.45) is 0 Å². The summed E-state index contributed by atoms with van der Waals surface area (Å²) in [5.41, 5.74) is 10.6. The van der Waals surface area contributed by atoms with Gasteiger partial charge in [-0.2, -0.15) is 20.0 Å². The highest BCUT2D eigenvalue weighted by Gasteiger charge is 2.09. The van der Waals surface area contributed by atoms with Crippen molar-refractivity contribution in [3.8, 4) is 0 Å². The molecule has 0 aliphatic heterocycles. The zero-order chi connectivity index (χ0) is 9.84. The van der Waals surface area contributed by atoms with Crippen LogP contribution < -0.4 is 16.5 Å².